The normalized spacial score (nSPS) is 20.1. The van der Waals surface area contributed by atoms with Gasteiger partial charge in [0.05, 0.1) is 24.0 Å². The molecule has 3 atom stereocenters. The number of ether oxygens (including phenoxy) is 2. The highest BCUT2D eigenvalue weighted by molar-refractivity contribution is 6.24. The molecule has 7 heteroatoms. The maximum Gasteiger partial charge on any atom is 0.266 e. The third kappa shape index (κ3) is 4.69. The smallest absolute Gasteiger partial charge is 0.266 e. The molecule has 4 aromatic rings. The number of para-hydroxylation sites is 1. The summed E-state index contributed by atoms with van der Waals surface area (Å²) in [6.07, 6.45) is -0.942. The van der Waals surface area contributed by atoms with Gasteiger partial charge in [0.15, 0.2) is 17.6 Å². The van der Waals surface area contributed by atoms with Gasteiger partial charge >= 0.3 is 0 Å². The molecule has 4 aromatic carbocycles. The lowest BCUT2D eigenvalue weighted by Crippen LogP contribution is -2.37. The SMILES string of the molecule is CCOc1cc([C@@H]2[C@@H]3C(=O)N(c4cccc(C)c4)C(=O)[C@H]3ON2c2ccccc2)ccc1OCc1ccccc1. The summed E-state index contributed by atoms with van der Waals surface area (Å²) in [5.41, 5.74) is 4.11. The minimum absolute atomic E-state index is 0.286. The second-order valence-electron chi connectivity index (χ2n) is 9.92. The summed E-state index contributed by atoms with van der Waals surface area (Å²) in [6, 6.07) is 32.0. The van der Waals surface area contributed by atoms with E-state index < -0.39 is 18.1 Å². The maximum atomic E-state index is 13.9. The first kappa shape index (κ1) is 25.6. The van der Waals surface area contributed by atoms with Crippen molar-refractivity contribution in [2.24, 2.45) is 5.92 Å². The average Bonchev–Trinajstić information content (AvgIpc) is 3.49. The molecule has 2 fully saturated rings. The van der Waals surface area contributed by atoms with Crippen LogP contribution in [0.25, 0.3) is 0 Å². The number of imide groups is 1. The van der Waals surface area contributed by atoms with Gasteiger partial charge in [-0.15, -0.1) is 0 Å². The van der Waals surface area contributed by atoms with Gasteiger partial charge in [0.1, 0.15) is 12.5 Å². The standard InChI is InChI=1S/C33H30N2O5/c1-3-38-28-20-24(17-18-27(28)39-21-23-12-6-4-7-13-23)30-29-31(40-35(30)25-14-8-5-9-15-25)33(37)34(32(29)36)26-16-10-11-22(2)19-26/h4-20,29-31H,3,21H2,1-2H3/t29-,30+,31-/m0/s1. The zero-order valence-corrected chi connectivity index (χ0v) is 22.4. The predicted molar refractivity (Wildman–Crippen MR) is 152 cm³/mol. The fourth-order valence-corrected chi connectivity index (χ4v) is 5.41. The summed E-state index contributed by atoms with van der Waals surface area (Å²) in [5, 5.41) is 1.69. The van der Waals surface area contributed by atoms with E-state index in [4.69, 9.17) is 14.3 Å². The van der Waals surface area contributed by atoms with Crippen LogP contribution in [0.2, 0.25) is 0 Å². The zero-order chi connectivity index (χ0) is 27.6. The van der Waals surface area contributed by atoms with E-state index in [1.807, 2.05) is 111 Å². The number of carbonyl (C=O) groups excluding carboxylic acids is 2. The largest absolute Gasteiger partial charge is 0.490 e. The number of amides is 2. The molecule has 0 aromatic heterocycles. The molecule has 2 amide bonds. The first-order valence-corrected chi connectivity index (χ1v) is 13.4. The van der Waals surface area contributed by atoms with Crippen molar-refractivity contribution in [3.05, 3.63) is 120 Å². The highest BCUT2D eigenvalue weighted by Gasteiger charge is 2.60. The summed E-state index contributed by atoms with van der Waals surface area (Å²) in [4.78, 5) is 35.1. The molecule has 0 radical (unpaired) electrons. The molecule has 0 unspecified atom stereocenters. The van der Waals surface area contributed by atoms with Crippen LogP contribution < -0.4 is 19.4 Å². The van der Waals surface area contributed by atoms with Crippen molar-refractivity contribution in [1.82, 2.24) is 0 Å². The minimum atomic E-state index is -0.942. The Morgan fingerprint density at radius 1 is 0.750 bits per heavy atom. The molecular formula is C33H30N2O5. The number of hydrogen-bond acceptors (Lipinski definition) is 6. The number of anilines is 2. The van der Waals surface area contributed by atoms with Crippen molar-refractivity contribution in [1.29, 1.82) is 0 Å². The van der Waals surface area contributed by atoms with Crippen molar-refractivity contribution >= 4 is 23.2 Å². The van der Waals surface area contributed by atoms with Gasteiger partial charge in [-0.3, -0.25) is 14.4 Å². The van der Waals surface area contributed by atoms with E-state index in [0.717, 1.165) is 22.4 Å². The van der Waals surface area contributed by atoms with Crippen molar-refractivity contribution in [2.45, 2.75) is 32.6 Å². The second-order valence-corrected chi connectivity index (χ2v) is 9.92. The van der Waals surface area contributed by atoms with E-state index >= 15 is 0 Å². The second kappa shape index (κ2) is 10.9. The first-order valence-electron chi connectivity index (χ1n) is 13.4. The Morgan fingerprint density at radius 3 is 2.20 bits per heavy atom. The fraction of sp³-hybridized carbons (Fsp3) is 0.212. The monoisotopic (exact) mass is 534 g/mol. The van der Waals surface area contributed by atoms with Crippen molar-refractivity contribution < 1.29 is 23.9 Å². The third-order valence-corrected chi connectivity index (χ3v) is 7.23. The summed E-state index contributed by atoms with van der Waals surface area (Å²) in [7, 11) is 0. The molecular weight excluding hydrogens is 504 g/mol. The first-order chi connectivity index (χ1) is 19.5. The lowest BCUT2D eigenvalue weighted by Gasteiger charge is -2.29. The Bertz CT molecular complexity index is 1520. The van der Waals surface area contributed by atoms with E-state index in [2.05, 4.69) is 0 Å². The van der Waals surface area contributed by atoms with Gasteiger partial charge in [-0.1, -0.05) is 66.7 Å². The van der Waals surface area contributed by atoms with Crippen LogP contribution in [0, 0.1) is 12.8 Å². The summed E-state index contributed by atoms with van der Waals surface area (Å²) >= 11 is 0. The Morgan fingerprint density at radius 2 is 1.48 bits per heavy atom. The molecule has 2 aliphatic rings. The topological polar surface area (TPSA) is 68.3 Å². The Labute approximate surface area is 233 Å². The van der Waals surface area contributed by atoms with Crippen LogP contribution in [0.5, 0.6) is 11.5 Å². The van der Waals surface area contributed by atoms with Gasteiger partial charge in [-0.25, -0.2) is 9.96 Å². The molecule has 0 bridgehead atoms. The third-order valence-electron chi connectivity index (χ3n) is 7.23. The quantitative estimate of drug-likeness (QED) is 0.258. The molecule has 202 valence electrons. The molecule has 0 N–H and O–H groups in total. The van der Waals surface area contributed by atoms with E-state index in [1.165, 1.54) is 4.90 Å². The molecule has 7 nitrogen and oxygen atoms in total. The van der Waals surface area contributed by atoms with Crippen LogP contribution in [0.15, 0.2) is 103 Å². The molecule has 6 rings (SSSR count). The fourth-order valence-electron chi connectivity index (χ4n) is 5.41. The molecule has 2 aliphatic heterocycles. The number of hydrogen-bond donors (Lipinski definition) is 0. The van der Waals surface area contributed by atoms with Crippen molar-refractivity contribution in [3.8, 4) is 11.5 Å². The lowest BCUT2D eigenvalue weighted by atomic mass is 9.90. The Balaban J connectivity index is 1.38. The van der Waals surface area contributed by atoms with E-state index in [0.29, 0.717) is 30.4 Å². The van der Waals surface area contributed by atoms with E-state index in [-0.39, 0.29) is 11.8 Å². The van der Waals surface area contributed by atoms with Crippen LogP contribution in [-0.2, 0) is 21.0 Å². The number of nitrogens with zero attached hydrogens (tertiary/aromatic N) is 2. The van der Waals surface area contributed by atoms with Gasteiger partial charge in [-0.2, -0.15) is 0 Å². The van der Waals surface area contributed by atoms with Gasteiger partial charge in [-0.05, 0) is 66.9 Å². The molecule has 2 heterocycles. The highest BCUT2D eigenvalue weighted by atomic mass is 16.7. The summed E-state index contributed by atoms with van der Waals surface area (Å²) < 4.78 is 12.1. The average molecular weight is 535 g/mol. The predicted octanol–water partition coefficient (Wildman–Crippen LogP) is 6.02. The minimum Gasteiger partial charge on any atom is -0.490 e. The van der Waals surface area contributed by atoms with Crippen LogP contribution in [0.1, 0.15) is 29.7 Å². The van der Waals surface area contributed by atoms with Crippen LogP contribution in [0.3, 0.4) is 0 Å². The maximum absolute atomic E-state index is 13.9. The molecule has 2 saturated heterocycles. The van der Waals surface area contributed by atoms with Gasteiger partial charge < -0.3 is 9.47 Å². The summed E-state index contributed by atoms with van der Waals surface area (Å²) in [6.45, 7) is 4.69. The van der Waals surface area contributed by atoms with Gasteiger partial charge in [0.2, 0.25) is 5.91 Å². The lowest BCUT2D eigenvalue weighted by molar-refractivity contribution is -0.126. The van der Waals surface area contributed by atoms with Gasteiger partial charge in [0.25, 0.3) is 5.91 Å². The molecule has 0 spiro atoms. The Hall–Kier alpha value is -4.62. The van der Waals surface area contributed by atoms with Crippen molar-refractivity contribution in [3.63, 3.8) is 0 Å². The van der Waals surface area contributed by atoms with Crippen LogP contribution in [0.4, 0.5) is 11.4 Å². The number of benzene rings is 4. The highest BCUT2D eigenvalue weighted by Crippen LogP contribution is 2.48. The number of carbonyl (C=O) groups is 2. The van der Waals surface area contributed by atoms with Crippen molar-refractivity contribution in [2.75, 3.05) is 16.6 Å². The number of hydroxylamine groups is 1. The van der Waals surface area contributed by atoms with Gasteiger partial charge in [0, 0.05) is 0 Å². The van der Waals surface area contributed by atoms with E-state index in [1.54, 1.807) is 11.1 Å². The Kier molecular flexibility index (Phi) is 6.97. The molecule has 0 aliphatic carbocycles. The van der Waals surface area contributed by atoms with Crippen LogP contribution >= 0.6 is 0 Å². The summed E-state index contributed by atoms with van der Waals surface area (Å²) in [5.74, 6) is -0.215. The number of aryl methyl sites for hydroxylation is 1. The number of fused-ring (bicyclic) bond motifs is 1. The van der Waals surface area contributed by atoms with Crippen LogP contribution in [-0.4, -0.2) is 24.5 Å². The molecule has 40 heavy (non-hydrogen) atoms. The number of rotatable bonds is 8. The zero-order valence-electron chi connectivity index (χ0n) is 22.4. The van der Waals surface area contributed by atoms with E-state index in [9.17, 15) is 9.59 Å². The molecule has 0 saturated carbocycles.